The van der Waals surface area contributed by atoms with Gasteiger partial charge < -0.3 is 24.8 Å². The predicted octanol–water partition coefficient (Wildman–Crippen LogP) is 6.71. The number of rotatable bonds is 6. The molecule has 0 aromatic heterocycles. The van der Waals surface area contributed by atoms with Crippen LogP contribution in [0.5, 0.6) is 0 Å². The van der Waals surface area contributed by atoms with E-state index in [0.29, 0.717) is 11.8 Å². The summed E-state index contributed by atoms with van der Waals surface area (Å²) in [4.78, 5) is 0. The molecule has 4 aliphatic carbocycles. The Labute approximate surface area is 346 Å². The molecule has 3 heteroatoms. The van der Waals surface area contributed by atoms with Crippen molar-refractivity contribution in [2.24, 2.45) is 0 Å². The summed E-state index contributed by atoms with van der Waals surface area (Å²) in [5.41, 5.74) is 20.1. The Morgan fingerprint density at radius 2 is 0.698 bits per heavy atom. The Morgan fingerprint density at radius 1 is 0.358 bits per heavy atom. The van der Waals surface area contributed by atoms with Crippen molar-refractivity contribution in [1.29, 1.82) is 0 Å². The van der Waals surface area contributed by atoms with Gasteiger partial charge in [0.25, 0.3) is 0 Å². The van der Waals surface area contributed by atoms with E-state index in [1.807, 2.05) is 0 Å². The minimum atomic E-state index is 0. The third kappa shape index (κ3) is 8.00. The van der Waals surface area contributed by atoms with Gasteiger partial charge in [-0.15, -0.1) is 0 Å². The zero-order valence-electron chi connectivity index (χ0n) is 29.6. The van der Waals surface area contributed by atoms with Gasteiger partial charge in [0.15, 0.2) is 0 Å². The van der Waals surface area contributed by atoms with Gasteiger partial charge in [-0.2, -0.15) is 0 Å². The second kappa shape index (κ2) is 17.3. The molecule has 0 N–H and O–H groups in total. The van der Waals surface area contributed by atoms with Crippen LogP contribution in [0.25, 0.3) is 35.5 Å². The summed E-state index contributed by atoms with van der Waals surface area (Å²) in [5, 5.41) is 0. The van der Waals surface area contributed by atoms with Crippen molar-refractivity contribution in [2.75, 3.05) is 0 Å². The fourth-order valence-corrected chi connectivity index (χ4v) is 8.55. The van der Waals surface area contributed by atoms with Crippen molar-refractivity contribution in [3.63, 3.8) is 0 Å². The molecule has 2 unspecified atom stereocenters. The molecule has 0 bridgehead atoms. The van der Waals surface area contributed by atoms with E-state index in [-0.39, 0.29) is 51.0 Å². The summed E-state index contributed by atoms with van der Waals surface area (Å²) in [7, 11) is 0. The quantitative estimate of drug-likeness (QED) is 0.176. The molecule has 0 saturated carbocycles. The van der Waals surface area contributed by atoms with Gasteiger partial charge in [-0.25, -0.2) is 0 Å². The van der Waals surface area contributed by atoms with Crippen LogP contribution in [0, 0.1) is 0 Å². The molecular formula is C50H40Cl2Zr. The Bertz CT molecular complexity index is 2160. The monoisotopic (exact) mass is 800 g/mol. The Balaban J connectivity index is 0.000000172. The second-order valence-electron chi connectivity index (χ2n) is 14.1. The molecule has 0 heterocycles. The molecule has 2 atom stereocenters. The van der Waals surface area contributed by atoms with Crippen molar-refractivity contribution < 1.29 is 51.0 Å². The summed E-state index contributed by atoms with van der Waals surface area (Å²) in [5.74, 6) is 0.915. The molecule has 10 rings (SSSR count). The Kier molecular flexibility index (Phi) is 12.5. The van der Waals surface area contributed by atoms with Crippen LogP contribution in [0.15, 0.2) is 169 Å². The fraction of sp³-hybridized carbons (Fsp3) is 0.120. The second-order valence-corrected chi connectivity index (χ2v) is 14.1. The van der Waals surface area contributed by atoms with Crippen LogP contribution in [0.2, 0.25) is 0 Å². The van der Waals surface area contributed by atoms with Gasteiger partial charge in [0.05, 0.1) is 0 Å². The maximum Gasteiger partial charge on any atom is 2.00 e. The van der Waals surface area contributed by atoms with E-state index in [0.717, 1.165) is 25.7 Å². The Morgan fingerprint density at radius 3 is 1.09 bits per heavy atom. The number of hydrogen-bond donors (Lipinski definition) is 0. The van der Waals surface area contributed by atoms with Crippen LogP contribution in [-0.2, 0) is 39.0 Å². The van der Waals surface area contributed by atoms with Gasteiger partial charge in [-0.1, -0.05) is 193 Å². The van der Waals surface area contributed by atoms with E-state index in [4.69, 9.17) is 0 Å². The molecule has 53 heavy (non-hydrogen) atoms. The van der Waals surface area contributed by atoms with Crippen molar-refractivity contribution >= 4 is 35.5 Å². The van der Waals surface area contributed by atoms with E-state index in [2.05, 4.69) is 182 Å². The topological polar surface area (TPSA) is 0 Å². The SMILES string of the molecule is C1=C(CC2C(c3ccccc3)=Cc3ccccc32)Cc2ccccc21.C1=C(CC2C(c3ccccc3)=Cc3ccccc32)Cc2ccccc21.[Cl-].[Cl-].[Zr+2]. The molecule has 258 valence electrons. The number of halogens is 2. The molecule has 0 amide bonds. The maximum atomic E-state index is 2.40. The number of hydrogen-bond acceptors (Lipinski definition) is 0. The third-order valence-corrected chi connectivity index (χ3v) is 10.9. The third-order valence-electron chi connectivity index (χ3n) is 10.9. The van der Waals surface area contributed by atoms with E-state index in [9.17, 15) is 0 Å². The van der Waals surface area contributed by atoms with Crippen molar-refractivity contribution in [3.8, 4) is 0 Å². The normalized spacial score (nSPS) is 16.7. The van der Waals surface area contributed by atoms with Gasteiger partial charge in [0, 0.05) is 11.8 Å². The largest absolute Gasteiger partial charge is 2.00 e. The Hall–Kier alpha value is -4.26. The molecule has 0 saturated heterocycles. The zero-order chi connectivity index (χ0) is 33.3. The van der Waals surface area contributed by atoms with E-state index in [1.54, 1.807) is 11.1 Å². The first kappa shape index (κ1) is 38.5. The molecule has 4 aliphatic rings. The average Bonchev–Trinajstić information content (AvgIpc) is 3.96. The standard InChI is InChI=1S/2C25H20.2ClH.Zr/c2*1-2-8-19(9-3-1)24-17-22-12-6-7-13-23(22)25(24)16-18-14-20-10-4-5-11-21(20)15-18;;;/h2*1-14,17,25H,15-16H2;2*1H;/q;;;;+2/p-2. The van der Waals surface area contributed by atoms with Crippen LogP contribution in [0.1, 0.15) is 80.3 Å². The summed E-state index contributed by atoms with van der Waals surface area (Å²) in [6, 6.07) is 57.0. The zero-order valence-corrected chi connectivity index (χ0v) is 33.5. The van der Waals surface area contributed by atoms with Crippen molar-refractivity contribution in [3.05, 3.63) is 225 Å². The first-order chi connectivity index (χ1) is 24.8. The first-order valence-electron chi connectivity index (χ1n) is 18.0. The molecule has 0 fully saturated rings. The minimum absolute atomic E-state index is 0. The fourth-order valence-electron chi connectivity index (χ4n) is 8.55. The van der Waals surface area contributed by atoms with Crippen molar-refractivity contribution in [1.82, 2.24) is 0 Å². The summed E-state index contributed by atoms with van der Waals surface area (Å²) < 4.78 is 0. The van der Waals surface area contributed by atoms with E-state index < -0.39 is 0 Å². The van der Waals surface area contributed by atoms with Crippen LogP contribution >= 0.6 is 0 Å². The van der Waals surface area contributed by atoms with Crippen LogP contribution in [0.4, 0.5) is 0 Å². The molecular weight excluding hydrogens is 763 g/mol. The van der Waals surface area contributed by atoms with Gasteiger partial charge in [-0.3, -0.25) is 0 Å². The molecule has 0 aliphatic heterocycles. The average molecular weight is 803 g/mol. The van der Waals surface area contributed by atoms with Crippen LogP contribution in [0.3, 0.4) is 0 Å². The van der Waals surface area contributed by atoms with Crippen LogP contribution < -0.4 is 24.8 Å². The number of fused-ring (bicyclic) bond motifs is 4. The molecule has 6 aromatic carbocycles. The number of allylic oxidation sites excluding steroid dienone is 4. The first-order valence-corrected chi connectivity index (χ1v) is 18.0. The predicted molar refractivity (Wildman–Crippen MR) is 212 cm³/mol. The maximum absolute atomic E-state index is 2.40. The molecule has 6 aromatic rings. The number of benzene rings is 6. The molecule has 0 radical (unpaired) electrons. The van der Waals surface area contributed by atoms with E-state index >= 15 is 0 Å². The van der Waals surface area contributed by atoms with Gasteiger partial charge >= 0.3 is 26.2 Å². The summed E-state index contributed by atoms with van der Waals surface area (Å²) >= 11 is 0. The van der Waals surface area contributed by atoms with E-state index in [1.165, 1.54) is 66.8 Å². The molecule has 0 spiro atoms. The minimum Gasteiger partial charge on any atom is -1.00 e. The van der Waals surface area contributed by atoms with Crippen LogP contribution in [-0.4, -0.2) is 0 Å². The summed E-state index contributed by atoms with van der Waals surface area (Å²) in [6.07, 6.45) is 14.0. The van der Waals surface area contributed by atoms with Crippen molar-refractivity contribution in [2.45, 2.75) is 37.5 Å². The summed E-state index contributed by atoms with van der Waals surface area (Å²) in [6.45, 7) is 0. The van der Waals surface area contributed by atoms with Gasteiger partial charge in [-0.05, 0) is 92.5 Å². The van der Waals surface area contributed by atoms with Gasteiger partial charge in [0.1, 0.15) is 0 Å². The molecule has 0 nitrogen and oxygen atoms in total. The van der Waals surface area contributed by atoms with Gasteiger partial charge in [0.2, 0.25) is 0 Å². The smallest absolute Gasteiger partial charge is 1.00 e.